The second-order valence-corrected chi connectivity index (χ2v) is 6.50. The van der Waals surface area contributed by atoms with E-state index in [4.69, 9.17) is 0 Å². The van der Waals surface area contributed by atoms with Crippen LogP contribution >= 0.6 is 0 Å². The van der Waals surface area contributed by atoms with Crippen LogP contribution in [0.1, 0.15) is 39.5 Å². The van der Waals surface area contributed by atoms with Crippen LogP contribution in [0.2, 0.25) is 0 Å². The van der Waals surface area contributed by atoms with Crippen LogP contribution < -0.4 is 0 Å². The Morgan fingerprint density at radius 1 is 1.33 bits per heavy atom. The van der Waals surface area contributed by atoms with Gasteiger partial charge in [-0.15, -0.1) is 0 Å². The molecule has 0 saturated heterocycles. The van der Waals surface area contributed by atoms with Crippen LogP contribution in [0, 0.1) is 5.92 Å². The first kappa shape index (κ1) is 10.0. The maximum absolute atomic E-state index is 11.4. The summed E-state index contributed by atoms with van der Waals surface area (Å²) in [6.45, 7) is 4.26. The Morgan fingerprint density at radius 3 is 2.33 bits per heavy atom. The van der Waals surface area contributed by atoms with Gasteiger partial charge in [-0.25, -0.2) is 8.42 Å². The highest BCUT2D eigenvalue weighted by molar-refractivity contribution is 7.92. The average Bonchev–Trinajstić information content (AvgIpc) is 2.65. The molecule has 2 nitrogen and oxygen atoms in total. The van der Waals surface area contributed by atoms with Gasteiger partial charge in [0.15, 0.2) is 9.84 Å². The molecule has 0 bridgehead atoms. The van der Waals surface area contributed by atoms with E-state index in [9.17, 15) is 8.42 Å². The van der Waals surface area contributed by atoms with Crippen LogP contribution in [0.25, 0.3) is 0 Å². The summed E-state index contributed by atoms with van der Waals surface area (Å²) in [6.07, 6.45) is 3.69. The van der Waals surface area contributed by atoms with Gasteiger partial charge in [0.25, 0.3) is 0 Å². The molecule has 0 heterocycles. The summed E-state index contributed by atoms with van der Waals surface area (Å²) in [5, 5.41) is 0.0321. The molecule has 1 aliphatic carbocycles. The van der Waals surface area contributed by atoms with Gasteiger partial charge in [-0.2, -0.15) is 0 Å². The number of hydrogen-bond donors (Lipinski definition) is 0. The fourth-order valence-electron chi connectivity index (χ4n) is 1.29. The van der Waals surface area contributed by atoms with Crippen LogP contribution in [-0.2, 0) is 9.84 Å². The van der Waals surface area contributed by atoms with E-state index >= 15 is 0 Å². The summed E-state index contributed by atoms with van der Waals surface area (Å²) in [5.41, 5.74) is 0. The second-order valence-electron chi connectivity index (χ2n) is 4.10. The van der Waals surface area contributed by atoms with Crippen molar-refractivity contribution in [2.75, 3.05) is 5.75 Å². The lowest BCUT2D eigenvalue weighted by atomic mass is 10.1. The minimum atomic E-state index is -2.68. The molecule has 0 radical (unpaired) electrons. The average molecular weight is 190 g/mol. The normalized spacial score (nSPS) is 18.6. The highest BCUT2D eigenvalue weighted by Crippen LogP contribution is 2.29. The lowest BCUT2D eigenvalue weighted by molar-refractivity contribution is 0.559. The van der Waals surface area contributed by atoms with E-state index < -0.39 is 9.84 Å². The molecule has 1 aliphatic rings. The predicted molar refractivity (Wildman–Crippen MR) is 50.9 cm³/mol. The summed E-state index contributed by atoms with van der Waals surface area (Å²) in [6, 6.07) is 0. The third-order valence-electron chi connectivity index (χ3n) is 2.24. The minimum Gasteiger partial charge on any atom is -0.229 e. The Kier molecular flexibility index (Phi) is 3.16. The molecule has 0 amide bonds. The first-order valence-electron chi connectivity index (χ1n) is 4.74. The molecule has 0 unspecified atom stereocenters. The molecule has 72 valence electrons. The summed E-state index contributed by atoms with van der Waals surface area (Å²) in [7, 11) is -2.68. The quantitative estimate of drug-likeness (QED) is 0.664. The van der Waals surface area contributed by atoms with Crippen molar-refractivity contribution < 1.29 is 8.42 Å². The Labute approximate surface area is 75.3 Å². The third kappa shape index (κ3) is 3.13. The van der Waals surface area contributed by atoms with Gasteiger partial charge in [0.2, 0.25) is 0 Å². The molecule has 3 heteroatoms. The van der Waals surface area contributed by atoms with E-state index in [-0.39, 0.29) is 5.25 Å². The third-order valence-corrected chi connectivity index (χ3v) is 4.59. The monoisotopic (exact) mass is 190 g/mol. The van der Waals surface area contributed by atoms with Crippen molar-refractivity contribution in [3.63, 3.8) is 0 Å². The first-order chi connectivity index (χ1) is 5.52. The lowest BCUT2D eigenvalue weighted by Gasteiger charge is -2.04. The van der Waals surface area contributed by atoms with E-state index in [1.54, 1.807) is 0 Å². The molecular formula is C9H18O2S. The Balaban J connectivity index is 2.21. The Morgan fingerprint density at radius 2 is 1.92 bits per heavy atom. The van der Waals surface area contributed by atoms with E-state index in [2.05, 4.69) is 13.8 Å². The zero-order valence-corrected chi connectivity index (χ0v) is 8.73. The molecule has 0 aliphatic heterocycles. The highest BCUT2D eigenvalue weighted by Gasteiger charge is 2.34. The molecule has 1 saturated carbocycles. The van der Waals surface area contributed by atoms with Crippen LogP contribution in [0.15, 0.2) is 0 Å². The number of hydrogen-bond acceptors (Lipinski definition) is 2. The van der Waals surface area contributed by atoms with Crippen LogP contribution in [0.4, 0.5) is 0 Å². The van der Waals surface area contributed by atoms with Gasteiger partial charge < -0.3 is 0 Å². The molecular weight excluding hydrogens is 172 g/mol. The molecule has 1 fully saturated rings. The van der Waals surface area contributed by atoms with Crippen LogP contribution in [0.3, 0.4) is 0 Å². The Bertz CT molecular complexity index is 225. The van der Waals surface area contributed by atoms with Gasteiger partial charge in [-0.3, -0.25) is 0 Å². The van der Waals surface area contributed by atoms with Crippen LogP contribution in [0.5, 0.6) is 0 Å². The van der Waals surface area contributed by atoms with Gasteiger partial charge in [-0.05, 0) is 25.2 Å². The van der Waals surface area contributed by atoms with Gasteiger partial charge in [0, 0.05) is 0 Å². The summed E-state index contributed by atoms with van der Waals surface area (Å²) >= 11 is 0. The molecule has 0 atom stereocenters. The van der Waals surface area contributed by atoms with E-state index in [0.29, 0.717) is 11.7 Å². The largest absolute Gasteiger partial charge is 0.229 e. The smallest absolute Gasteiger partial charge is 0.153 e. The fourth-order valence-corrected chi connectivity index (χ4v) is 3.04. The highest BCUT2D eigenvalue weighted by atomic mass is 32.2. The van der Waals surface area contributed by atoms with Crippen molar-refractivity contribution in [1.82, 2.24) is 0 Å². The van der Waals surface area contributed by atoms with E-state index in [1.165, 1.54) is 0 Å². The van der Waals surface area contributed by atoms with Crippen molar-refractivity contribution in [1.29, 1.82) is 0 Å². The van der Waals surface area contributed by atoms with Crippen molar-refractivity contribution in [2.24, 2.45) is 5.92 Å². The predicted octanol–water partition coefficient (Wildman–Crippen LogP) is 2.00. The Hall–Kier alpha value is -0.0500. The van der Waals surface area contributed by atoms with Crippen molar-refractivity contribution >= 4 is 9.84 Å². The lowest BCUT2D eigenvalue weighted by Crippen LogP contribution is -2.12. The zero-order valence-electron chi connectivity index (χ0n) is 7.91. The standard InChI is InChI=1S/C9H18O2S/c1-8(2)4-3-7-12(10,11)9-5-6-9/h8-9H,3-7H2,1-2H3. The van der Waals surface area contributed by atoms with Gasteiger partial charge >= 0.3 is 0 Å². The molecule has 0 aromatic carbocycles. The van der Waals surface area contributed by atoms with Crippen LogP contribution in [-0.4, -0.2) is 19.4 Å². The molecule has 0 aromatic heterocycles. The minimum absolute atomic E-state index is 0.0321. The maximum atomic E-state index is 11.4. The molecule has 0 aromatic rings. The summed E-state index contributed by atoms with van der Waals surface area (Å²) in [4.78, 5) is 0. The van der Waals surface area contributed by atoms with Gasteiger partial charge in [0.05, 0.1) is 11.0 Å². The molecule has 0 spiro atoms. The van der Waals surface area contributed by atoms with Gasteiger partial charge in [-0.1, -0.05) is 20.3 Å². The van der Waals surface area contributed by atoms with Gasteiger partial charge in [0.1, 0.15) is 0 Å². The van der Waals surface area contributed by atoms with Crippen molar-refractivity contribution in [3.8, 4) is 0 Å². The fraction of sp³-hybridized carbons (Fsp3) is 1.00. The van der Waals surface area contributed by atoms with Crippen molar-refractivity contribution in [2.45, 2.75) is 44.8 Å². The first-order valence-corrected chi connectivity index (χ1v) is 6.45. The SMILES string of the molecule is CC(C)CCCS(=O)(=O)C1CC1. The summed E-state index contributed by atoms with van der Waals surface area (Å²) in [5.74, 6) is 1.04. The van der Waals surface area contributed by atoms with Crippen molar-refractivity contribution in [3.05, 3.63) is 0 Å². The van der Waals surface area contributed by atoms with E-state index in [1.807, 2.05) is 0 Å². The molecule has 12 heavy (non-hydrogen) atoms. The molecule has 0 N–H and O–H groups in total. The zero-order chi connectivity index (χ0) is 9.19. The summed E-state index contributed by atoms with van der Waals surface area (Å²) < 4.78 is 22.7. The molecule has 1 rings (SSSR count). The topological polar surface area (TPSA) is 34.1 Å². The van der Waals surface area contributed by atoms with E-state index in [0.717, 1.165) is 25.7 Å². The number of rotatable bonds is 5. The maximum Gasteiger partial charge on any atom is 0.153 e. The second kappa shape index (κ2) is 3.77. The number of sulfone groups is 1.